The lowest BCUT2D eigenvalue weighted by Crippen LogP contribution is -2.27. The number of nitrogens with zero attached hydrogens (tertiary/aromatic N) is 2. The second kappa shape index (κ2) is 9.13. The lowest BCUT2D eigenvalue weighted by atomic mass is 10.1. The first kappa shape index (κ1) is 19.5. The molecule has 1 unspecified atom stereocenters. The second-order valence-corrected chi connectivity index (χ2v) is 6.95. The van der Waals surface area contributed by atoms with Crippen LogP contribution in [0.15, 0.2) is 71.5 Å². The van der Waals surface area contributed by atoms with Crippen LogP contribution >= 0.6 is 0 Å². The number of amides is 1. The summed E-state index contributed by atoms with van der Waals surface area (Å²) in [6.45, 7) is 4.40. The van der Waals surface area contributed by atoms with Gasteiger partial charge in [-0.3, -0.25) is 9.59 Å². The summed E-state index contributed by atoms with van der Waals surface area (Å²) in [5.41, 5.74) is 3.80. The summed E-state index contributed by atoms with van der Waals surface area (Å²) < 4.78 is 1.43. The molecule has 0 fully saturated rings. The van der Waals surface area contributed by atoms with Crippen LogP contribution in [-0.4, -0.2) is 15.7 Å². The van der Waals surface area contributed by atoms with Crippen molar-refractivity contribution >= 4 is 5.91 Å². The molecule has 2 aromatic carbocycles. The Morgan fingerprint density at radius 1 is 1.04 bits per heavy atom. The normalized spacial score (nSPS) is 11.8. The largest absolute Gasteiger partial charge is 0.350 e. The summed E-state index contributed by atoms with van der Waals surface area (Å²) in [6.07, 6.45) is 0.900. The monoisotopic (exact) mass is 375 g/mol. The zero-order valence-electron chi connectivity index (χ0n) is 16.3. The fourth-order valence-corrected chi connectivity index (χ4v) is 3.02. The zero-order valence-corrected chi connectivity index (χ0v) is 16.3. The van der Waals surface area contributed by atoms with Crippen molar-refractivity contribution in [1.29, 1.82) is 0 Å². The molecule has 144 valence electrons. The molecule has 1 aromatic heterocycles. The Labute approximate surface area is 165 Å². The molecule has 0 radical (unpaired) electrons. The first-order valence-corrected chi connectivity index (χ1v) is 9.52. The van der Waals surface area contributed by atoms with Gasteiger partial charge in [-0.2, -0.15) is 5.10 Å². The smallest absolute Gasteiger partial charge is 0.266 e. The van der Waals surface area contributed by atoms with Gasteiger partial charge < -0.3 is 5.32 Å². The van der Waals surface area contributed by atoms with Gasteiger partial charge in [0.15, 0.2) is 0 Å². The predicted molar refractivity (Wildman–Crippen MR) is 111 cm³/mol. The molecule has 5 nitrogen and oxygen atoms in total. The third kappa shape index (κ3) is 5.16. The number of hydrogen-bond acceptors (Lipinski definition) is 3. The molecule has 5 heteroatoms. The van der Waals surface area contributed by atoms with E-state index in [9.17, 15) is 9.59 Å². The minimum Gasteiger partial charge on any atom is -0.350 e. The molecule has 0 bridgehead atoms. The van der Waals surface area contributed by atoms with Gasteiger partial charge in [-0.05, 0) is 31.9 Å². The van der Waals surface area contributed by atoms with E-state index in [0.717, 1.165) is 16.8 Å². The Hall–Kier alpha value is -3.21. The highest BCUT2D eigenvalue weighted by atomic mass is 16.1. The van der Waals surface area contributed by atoms with Gasteiger partial charge in [0.25, 0.3) is 5.56 Å². The maximum atomic E-state index is 12.2. The minimum absolute atomic E-state index is 0.0286. The number of aromatic nitrogens is 2. The molecule has 28 heavy (non-hydrogen) atoms. The summed E-state index contributed by atoms with van der Waals surface area (Å²) in [5.74, 6) is -0.0286. The van der Waals surface area contributed by atoms with Crippen LogP contribution in [0.5, 0.6) is 0 Å². The fourth-order valence-electron chi connectivity index (χ4n) is 3.02. The second-order valence-electron chi connectivity index (χ2n) is 6.95. The number of rotatable bonds is 7. The fraction of sp³-hybridized carbons (Fsp3) is 0.261. The third-order valence-electron chi connectivity index (χ3n) is 4.66. The van der Waals surface area contributed by atoms with E-state index in [2.05, 4.69) is 10.4 Å². The Morgan fingerprint density at radius 2 is 1.75 bits per heavy atom. The van der Waals surface area contributed by atoms with Crippen molar-refractivity contribution in [3.63, 3.8) is 0 Å². The van der Waals surface area contributed by atoms with Crippen molar-refractivity contribution in [3.8, 4) is 11.3 Å². The van der Waals surface area contributed by atoms with E-state index >= 15 is 0 Å². The summed E-state index contributed by atoms with van der Waals surface area (Å²) in [6, 6.07) is 21.1. The molecular formula is C23H25N3O2. The molecule has 1 amide bonds. The number of nitrogens with one attached hydrogen (secondary N) is 1. The number of benzene rings is 2. The van der Waals surface area contributed by atoms with Crippen molar-refractivity contribution in [3.05, 3.63) is 88.2 Å². The van der Waals surface area contributed by atoms with E-state index < -0.39 is 0 Å². The molecule has 0 spiro atoms. The van der Waals surface area contributed by atoms with Crippen LogP contribution < -0.4 is 10.9 Å². The molecule has 1 heterocycles. The van der Waals surface area contributed by atoms with Crippen molar-refractivity contribution < 1.29 is 4.79 Å². The molecule has 1 atom stereocenters. The van der Waals surface area contributed by atoms with Crippen molar-refractivity contribution in [2.45, 2.75) is 39.3 Å². The van der Waals surface area contributed by atoms with Crippen LogP contribution in [0.4, 0.5) is 0 Å². The summed E-state index contributed by atoms with van der Waals surface area (Å²) in [5, 5.41) is 7.44. The first-order valence-electron chi connectivity index (χ1n) is 9.52. The highest BCUT2D eigenvalue weighted by Gasteiger charge is 2.10. The first-order chi connectivity index (χ1) is 13.5. The molecule has 0 aliphatic carbocycles. The van der Waals surface area contributed by atoms with Gasteiger partial charge in [0.2, 0.25) is 5.91 Å². The third-order valence-corrected chi connectivity index (χ3v) is 4.66. The Bertz CT molecular complexity index is 979. The standard InChI is InChI=1S/C23H25N3O2/c1-17-10-12-20(13-11-17)21-14-15-23(28)26(25-21)16-6-9-22(27)24-18(2)19-7-4-3-5-8-19/h3-5,7-8,10-15,18H,6,9,16H2,1-2H3,(H,24,27). The van der Waals surface area contributed by atoms with Crippen LogP contribution in [0.2, 0.25) is 0 Å². The van der Waals surface area contributed by atoms with E-state index in [1.165, 1.54) is 16.3 Å². The van der Waals surface area contributed by atoms with E-state index in [1.54, 1.807) is 6.07 Å². The maximum Gasteiger partial charge on any atom is 0.266 e. The van der Waals surface area contributed by atoms with Crippen LogP contribution in [0.3, 0.4) is 0 Å². The average Bonchev–Trinajstić information content (AvgIpc) is 2.70. The highest BCUT2D eigenvalue weighted by molar-refractivity contribution is 5.76. The molecule has 1 N–H and O–H groups in total. The van der Waals surface area contributed by atoms with Crippen LogP contribution in [0.1, 0.15) is 36.9 Å². The number of carbonyl (C=O) groups excluding carboxylic acids is 1. The van der Waals surface area contributed by atoms with Gasteiger partial charge in [-0.25, -0.2) is 4.68 Å². The SMILES string of the molecule is Cc1ccc(-c2ccc(=O)n(CCCC(=O)NC(C)c3ccccc3)n2)cc1. The Balaban J connectivity index is 1.57. The van der Waals surface area contributed by atoms with Crippen molar-refractivity contribution in [2.75, 3.05) is 0 Å². The summed E-state index contributed by atoms with van der Waals surface area (Å²) >= 11 is 0. The molecule has 0 saturated carbocycles. The lowest BCUT2D eigenvalue weighted by Gasteiger charge is -2.14. The minimum atomic E-state index is -0.158. The number of carbonyl (C=O) groups is 1. The predicted octanol–water partition coefficient (Wildman–Crippen LogP) is 3.88. The summed E-state index contributed by atoms with van der Waals surface area (Å²) in [4.78, 5) is 24.3. The van der Waals surface area contributed by atoms with Gasteiger partial charge >= 0.3 is 0 Å². The molecule has 0 aliphatic heterocycles. The number of hydrogen-bond donors (Lipinski definition) is 1. The van der Waals surface area contributed by atoms with Gasteiger partial charge in [0.05, 0.1) is 11.7 Å². The van der Waals surface area contributed by atoms with Gasteiger partial charge in [0.1, 0.15) is 0 Å². The van der Waals surface area contributed by atoms with Crippen molar-refractivity contribution in [2.24, 2.45) is 0 Å². The quantitative estimate of drug-likeness (QED) is 0.682. The van der Waals surface area contributed by atoms with E-state index in [4.69, 9.17) is 0 Å². The topological polar surface area (TPSA) is 64.0 Å². The molecule has 0 saturated heterocycles. The highest BCUT2D eigenvalue weighted by Crippen LogP contribution is 2.16. The van der Waals surface area contributed by atoms with Gasteiger partial charge in [0, 0.05) is 24.6 Å². The van der Waals surface area contributed by atoms with E-state index in [1.807, 2.05) is 68.4 Å². The van der Waals surface area contributed by atoms with Gasteiger partial charge in [-0.15, -0.1) is 0 Å². The Kier molecular flexibility index (Phi) is 6.37. The van der Waals surface area contributed by atoms with Crippen LogP contribution in [0, 0.1) is 6.92 Å². The average molecular weight is 375 g/mol. The van der Waals surface area contributed by atoms with E-state index in [-0.39, 0.29) is 17.5 Å². The molecule has 3 aromatic rings. The maximum absolute atomic E-state index is 12.2. The van der Waals surface area contributed by atoms with Gasteiger partial charge in [-0.1, -0.05) is 60.2 Å². The zero-order chi connectivity index (χ0) is 19.9. The van der Waals surface area contributed by atoms with Crippen molar-refractivity contribution in [1.82, 2.24) is 15.1 Å². The van der Waals surface area contributed by atoms with Crippen LogP contribution in [-0.2, 0) is 11.3 Å². The Morgan fingerprint density at radius 3 is 2.46 bits per heavy atom. The molecular weight excluding hydrogens is 350 g/mol. The van der Waals surface area contributed by atoms with Crippen LogP contribution in [0.25, 0.3) is 11.3 Å². The number of aryl methyl sites for hydroxylation is 2. The lowest BCUT2D eigenvalue weighted by molar-refractivity contribution is -0.121. The molecule has 3 rings (SSSR count). The van der Waals surface area contributed by atoms with E-state index in [0.29, 0.717) is 19.4 Å². The molecule has 0 aliphatic rings. The summed E-state index contributed by atoms with van der Waals surface area (Å²) in [7, 11) is 0.